The normalized spacial score (nSPS) is 10.5. The summed E-state index contributed by atoms with van der Waals surface area (Å²) in [6.45, 7) is 6.11. The Kier molecular flexibility index (Phi) is 4.60. The van der Waals surface area contributed by atoms with E-state index >= 15 is 0 Å². The van der Waals surface area contributed by atoms with E-state index in [1.165, 1.54) is 0 Å². The molecular weight excluding hydrogens is 262 g/mol. The van der Waals surface area contributed by atoms with Crippen LogP contribution < -0.4 is 16.6 Å². The number of nitrogen functional groups attached to an aromatic ring is 1. The van der Waals surface area contributed by atoms with E-state index in [1.807, 2.05) is 37.3 Å². The molecule has 0 saturated carbocycles. The third-order valence-corrected chi connectivity index (χ3v) is 3.47. The average molecular weight is 283 g/mol. The topological polar surface area (TPSA) is 67.1 Å². The summed E-state index contributed by atoms with van der Waals surface area (Å²) in [5.74, 6) is 5.62. The van der Waals surface area contributed by atoms with Crippen LogP contribution in [0.5, 0.6) is 0 Å². The van der Waals surface area contributed by atoms with Gasteiger partial charge in [0.25, 0.3) is 5.91 Å². The van der Waals surface area contributed by atoms with Crippen molar-refractivity contribution in [2.75, 3.05) is 10.7 Å². The van der Waals surface area contributed by atoms with Crippen LogP contribution in [0.25, 0.3) is 0 Å². The molecule has 0 spiro atoms. The molecule has 0 aliphatic heterocycles. The van der Waals surface area contributed by atoms with Gasteiger partial charge >= 0.3 is 0 Å². The first-order chi connectivity index (χ1) is 10.0. The highest BCUT2D eigenvalue weighted by molar-refractivity contribution is 6.05. The fourth-order valence-electron chi connectivity index (χ4n) is 2.31. The highest BCUT2D eigenvalue weighted by Gasteiger charge is 2.12. The standard InChI is InChI=1S/C17H21N3O/c1-11(2)14-6-4-5-7-16(14)19-17(21)15-9-8-13(20-18)10-12(15)3/h4-11,20H,18H2,1-3H3,(H,19,21). The van der Waals surface area contributed by atoms with Crippen LogP contribution in [0.3, 0.4) is 0 Å². The van der Waals surface area contributed by atoms with Gasteiger partial charge in [0.2, 0.25) is 0 Å². The van der Waals surface area contributed by atoms with E-state index in [1.54, 1.807) is 12.1 Å². The molecule has 2 aromatic rings. The summed E-state index contributed by atoms with van der Waals surface area (Å²) >= 11 is 0. The SMILES string of the molecule is Cc1cc(NN)ccc1C(=O)Nc1ccccc1C(C)C. The van der Waals surface area contributed by atoms with Gasteiger partial charge in [-0.1, -0.05) is 32.0 Å². The number of hydrogen-bond donors (Lipinski definition) is 3. The largest absolute Gasteiger partial charge is 0.324 e. The van der Waals surface area contributed by atoms with Gasteiger partial charge in [0.15, 0.2) is 0 Å². The van der Waals surface area contributed by atoms with E-state index in [0.717, 1.165) is 22.5 Å². The Balaban J connectivity index is 2.26. The van der Waals surface area contributed by atoms with Crippen molar-refractivity contribution in [2.24, 2.45) is 5.84 Å². The molecule has 4 N–H and O–H groups in total. The number of hydrazine groups is 1. The summed E-state index contributed by atoms with van der Waals surface area (Å²) in [6, 6.07) is 13.3. The fourth-order valence-corrected chi connectivity index (χ4v) is 2.31. The first kappa shape index (κ1) is 15.1. The molecule has 0 saturated heterocycles. The molecule has 1 amide bonds. The Morgan fingerprint density at radius 1 is 1.14 bits per heavy atom. The highest BCUT2D eigenvalue weighted by Crippen LogP contribution is 2.24. The lowest BCUT2D eigenvalue weighted by Crippen LogP contribution is -2.15. The number of benzene rings is 2. The Hall–Kier alpha value is -2.33. The zero-order chi connectivity index (χ0) is 15.4. The summed E-state index contributed by atoms with van der Waals surface area (Å²) in [5.41, 5.74) is 6.87. The van der Waals surface area contributed by atoms with E-state index in [0.29, 0.717) is 11.5 Å². The molecule has 0 bridgehead atoms. The fraction of sp³-hybridized carbons (Fsp3) is 0.235. The van der Waals surface area contributed by atoms with Crippen molar-refractivity contribution in [3.63, 3.8) is 0 Å². The van der Waals surface area contributed by atoms with Crippen molar-refractivity contribution in [1.82, 2.24) is 0 Å². The first-order valence-electron chi connectivity index (χ1n) is 7.00. The van der Waals surface area contributed by atoms with Gasteiger partial charge in [-0.15, -0.1) is 0 Å². The lowest BCUT2D eigenvalue weighted by molar-refractivity contribution is 0.102. The van der Waals surface area contributed by atoms with Crippen LogP contribution in [-0.4, -0.2) is 5.91 Å². The van der Waals surface area contributed by atoms with Crippen LogP contribution >= 0.6 is 0 Å². The maximum atomic E-state index is 12.4. The lowest BCUT2D eigenvalue weighted by Gasteiger charge is -2.14. The molecule has 2 rings (SSSR count). The number of rotatable bonds is 4. The molecule has 0 fully saturated rings. The van der Waals surface area contributed by atoms with Gasteiger partial charge in [0.1, 0.15) is 0 Å². The molecule has 4 nitrogen and oxygen atoms in total. The lowest BCUT2D eigenvalue weighted by atomic mass is 10.0. The minimum Gasteiger partial charge on any atom is -0.324 e. The highest BCUT2D eigenvalue weighted by atomic mass is 16.1. The molecule has 4 heteroatoms. The van der Waals surface area contributed by atoms with Crippen LogP contribution in [0.15, 0.2) is 42.5 Å². The maximum Gasteiger partial charge on any atom is 0.255 e. The predicted molar refractivity (Wildman–Crippen MR) is 87.5 cm³/mol. The number of nitrogens with two attached hydrogens (primary N) is 1. The van der Waals surface area contributed by atoms with Crippen LogP contribution in [0.1, 0.15) is 41.3 Å². The molecule has 0 unspecified atom stereocenters. The molecule has 21 heavy (non-hydrogen) atoms. The molecule has 0 aliphatic carbocycles. The number of amides is 1. The second-order valence-corrected chi connectivity index (χ2v) is 5.37. The minimum atomic E-state index is -0.107. The molecule has 110 valence electrons. The number of carbonyl (C=O) groups excluding carboxylic acids is 1. The smallest absolute Gasteiger partial charge is 0.255 e. The van der Waals surface area contributed by atoms with Crippen LogP contribution in [0.4, 0.5) is 11.4 Å². The van der Waals surface area contributed by atoms with Crippen molar-refractivity contribution in [2.45, 2.75) is 26.7 Å². The maximum absolute atomic E-state index is 12.4. The molecule has 0 heterocycles. The van der Waals surface area contributed by atoms with Crippen molar-refractivity contribution >= 4 is 17.3 Å². The van der Waals surface area contributed by atoms with Crippen LogP contribution in [0, 0.1) is 6.92 Å². The number of para-hydroxylation sites is 1. The molecule has 0 radical (unpaired) electrons. The molecule has 0 aliphatic rings. The van der Waals surface area contributed by atoms with Gasteiger partial charge in [0, 0.05) is 16.9 Å². The average Bonchev–Trinajstić information content (AvgIpc) is 2.47. The molecular formula is C17H21N3O. The first-order valence-corrected chi connectivity index (χ1v) is 7.00. The van der Waals surface area contributed by atoms with Crippen molar-refractivity contribution in [3.8, 4) is 0 Å². The summed E-state index contributed by atoms with van der Waals surface area (Å²) in [7, 11) is 0. The number of anilines is 2. The number of hydrogen-bond acceptors (Lipinski definition) is 3. The van der Waals surface area contributed by atoms with Gasteiger partial charge in [-0.2, -0.15) is 0 Å². The predicted octanol–water partition coefficient (Wildman–Crippen LogP) is 3.66. The van der Waals surface area contributed by atoms with Crippen molar-refractivity contribution in [1.29, 1.82) is 0 Å². The van der Waals surface area contributed by atoms with E-state index in [4.69, 9.17) is 5.84 Å². The summed E-state index contributed by atoms with van der Waals surface area (Å²) in [6.07, 6.45) is 0. The Labute approximate surface area is 125 Å². The summed E-state index contributed by atoms with van der Waals surface area (Å²) in [5, 5.41) is 3.00. The molecule has 0 aromatic heterocycles. The quantitative estimate of drug-likeness (QED) is 0.592. The van der Waals surface area contributed by atoms with Crippen LogP contribution in [-0.2, 0) is 0 Å². The Morgan fingerprint density at radius 3 is 2.48 bits per heavy atom. The monoisotopic (exact) mass is 283 g/mol. The number of carbonyl (C=O) groups is 1. The van der Waals surface area contributed by atoms with Gasteiger partial charge in [-0.05, 0) is 48.2 Å². The van der Waals surface area contributed by atoms with Gasteiger partial charge in [-0.3, -0.25) is 10.6 Å². The summed E-state index contributed by atoms with van der Waals surface area (Å²) in [4.78, 5) is 12.4. The molecule has 0 atom stereocenters. The number of nitrogens with one attached hydrogen (secondary N) is 2. The van der Waals surface area contributed by atoms with Crippen LogP contribution in [0.2, 0.25) is 0 Å². The Bertz CT molecular complexity index is 650. The van der Waals surface area contributed by atoms with E-state index < -0.39 is 0 Å². The Morgan fingerprint density at radius 2 is 1.86 bits per heavy atom. The van der Waals surface area contributed by atoms with Gasteiger partial charge < -0.3 is 10.7 Å². The van der Waals surface area contributed by atoms with Gasteiger partial charge in [0.05, 0.1) is 0 Å². The second kappa shape index (κ2) is 6.41. The zero-order valence-corrected chi connectivity index (χ0v) is 12.6. The zero-order valence-electron chi connectivity index (χ0n) is 12.6. The molecule has 2 aromatic carbocycles. The third-order valence-electron chi connectivity index (χ3n) is 3.47. The third kappa shape index (κ3) is 3.41. The van der Waals surface area contributed by atoms with Crippen molar-refractivity contribution in [3.05, 3.63) is 59.2 Å². The number of aryl methyl sites for hydroxylation is 1. The van der Waals surface area contributed by atoms with E-state index in [-0.39, 0.29) is 5.91 Å². The minimum absolute atomic E-state index is 0.107. The van der Waals surface area contributed by atoms with E-state index in [2.05, 4.69) is 24.6 Å². The van der Waals surface area contributed by atoms with E-state index in [9.17, 15) is 4.79 Å². The second-order valence-electron chi connectivity index (χ2n) is 5.37. The van der Waals surface area contributed by atoms with Gasteiger partial charge in [-0.25, -0.2) is 0 Å². The summed E-state index contributed by atoms with van der Waals surface area (Å²) < 4.78 is 0. The van der Waals surface area contributed by atoms with Crippen molar-refractivity contribution < 1.29 is 4.79 Å².